The van der Waals surface area contributed by atoms with Gasteiger partial charge in [-0.2, -0.15) is 5.10 Å². The molecule has 0 spiro atoms. The summed E-state index contributed by atoms with van der Waals surface area (Å²) in [5, 5.41) is 15.2. The summed E-state index contributed by atoms with van der Waals surface area (Å²) < 4.78 is 24.1. The minimum Gasteiger partial charge on any atom is -0.496 e. The van der Waals surface area contributed by atoms with Gasteiger partial charge in [0.2, 0.25) is 0 Å². The number of hydrogen-bond donors (Lipinski definition) is 1. The third-order valence-electron chi connectivity index (χ3n) is 3.79. The average molecular weight is 369 g/mol. The first-order chi connectivity index (χ1) is 13.1. The Balaban J connectivity index is 1.70. The molecule has 0 aliphatic heterocycles. The van der Waals surface area contributed by atoms with Crippen LogP contribution in [0.4, 0.5) is 10.1 Å². The smallest absolute Gasteiger partial charge is 0.283 e. The summed E-state index contributed by atoms with van der Waals surface area (Å²) in [6.45, 7) is 0.456. The molecule has 0 radical (unpaired) electrons. The maximum atomic E-state index is 13.3. The van der Waals surface area contributed by atoms with Crippen LogP contribution in [-0.4, -0.2) is 18.2 Å². The summed E-state index contributed by atoms with van der Waals surface area (Å²) in [4.78, 5) is 10.5. The quantitative estimate of drug-likeness (QED) is 0.384. The van der Waals surface area contributed by atoms with Gasteiger partial charge in [-0.25, -0.2) is 4.39 Å². The lowest BCUT2D eigenvalue weighted by molar-refractivity contribution is -0.384. The first-order valence-electron chi connectivity index (χ1n) is 8.00. The van der Waals surface area contributed by atoms with E-state index in [9.17, 15) is 14.5 Å². The van der Waals surface area contributed by atoms with E-state index >= 15 is 0 Å². The highest BCUT2D eigenvalue weighted by Gasteiger charge is 2.18. The van der Waals surface area contributed by atoms with Gasteiger partial charge in [0.05, 0.1) is 36.4 Å². The number of nitrogens with one attached hydrogen (secondary N) is 1. The second-order valence-electron chi connectivity index (χ2n) is 5.53. The monoisotopic (exact) mass is 369 g/mol. The van der Waals surface area contributed by atoms with Crippen LogP contribution in [-0.2, 0) is 6.54 Å². The molecule has 0 aliphatic rings. The first-order valence-corrected chi connectivity index (χ1v) is 8.00. The van der Waals surface area contributed by atoms with Crippen molar-refractivity contribution in [2.45, 2.75) is 6.54 Å². The highest BCUT2D eigenvalue weighted by atomic mass is 19.1. The Bertz CT molecular complexity index is 985. The molecule has 8 heteroatoms. The van der Waals surface area contributed by atoms with Gasteiger partial charge in [0.25, 0.3) is 5.69 Å². The van der Waals surface area contributed by atoms with Crippen LogP contribution in [0.2, 0.25) is 0 Å². The van der Waals surface area contributed by atoms with E-state index in [1.165, 1.54) is 12.3 Å². The van der Waals surface area contributed by atoms with Crippen LogP contribution in [0, 0.1) is 15.9 Å². The van der Waals surface area contributed by atoms with Gasteiger partial charge in [-0.15, -0.1) is 0 Å². The fourth-order valence-corrected chi connectivity index (χ4v) is 2.52. The van der Waals surface area contributed by atoms with E-state index < -0.39 is 10.7 Å². The molecule has 2 aromatic carbocycles. The summed E-state index contributed by atoms with van der Waals surface area (Å²) in [7, 11) is 1.60. The number of methoxy groups -OCH3 is 1. The molecule has 3 aromatic rings. The summed E-state index contributed by atoms with van der Waals surface area (Å²) in [6.07, 6.45) is 1.45. The van der Waals surface area contributed by atoms with Gasteiger partial charge in [-0.1, -0.05) is 18.2 Å². The zero-order valence-electron chi connectivity index (χ0n) is 14.4. The van der Waals surface area contributed by atoms with Crippen LogP contribution < -0.4 is 10.2 Å². The van der Waals surface area contributed by atoms with Crippen LogP contribution in [0.15, 0.2) is 64.1 Å². The van der Waals surface area contributed by atoms with Crippen LogP contribution in [0.25, 0.3) is 11.3 Å². The molecular weight excluding hydrogens is 353 g/mol. The number of hydrazone groups is 1. The van der Waals surface area contributed by atoms with E-state index in [2.05, 4.69) is 10.5 Å². The van der Waals surface area contributed by atoms with Crippen molar-refractivity contribution in [2.75, 3.05) is 7.11 Å². The summed E-state index contributed by atoms with van der Waals surface area (Å²) in [6, 6.07) is 14.1. The molecule has 1 aromatic heterocycles. The lowest BCUT2D eigenvalue weighted by Gasteiger charge is -2.06. The van der Waals surface area contributed by atoms with Crippen molar-refractivity contribution in [3.8, 4) is 17.1 Å². The average Bonchev–Trinajstić information content (AvgIpc) is 3.14. The number of rotatable bonds is 7. The third kappa shape index (κ3) is 4.30. The van der Waals surface area contributed by atoms with Gasteiger partial charge < -0.3 is 14.6 Å². The lowest BCUT2D eigenvalue weighted by atomic mass is 10.1. The van der Waals surface area contributed by atoms with Crippen LogP contribution in [0.1, 0.15) is 11.3 Å². The second kappa shape index (κ2) is 8.13. The zero-order valence-corrected chi connectivity index (χ0v) is 14.4. The molecule has 7 nitrogen and oxygen atoms in total. The minimum atomic E-state index is -0.681. The van der Waals surface area contributed by atoms with Crippen LogP contribution >= 0.6 is 0 Å². The molecule has 3 rings (SSSR count). The van der Waals surface area contributed by atoms with E-state index in [4.69, 9.17) is 9.15 Å². The van der Waals surface area contributed by atoms with Gasteiger partial charge >= 0.3 is 0 Å². The lowest BCUT2D eigenvalue weighted by Crippen LogP contribution is -2.06. The van der Waals surface area contributed by atoms with Crippen LogP contribution in [0.5, 0.6) is 5.75 Å². The molecule has 0 aliphatic carbocycles. The van der Waals surface area contributed by atoms with Crippen molar-refractivity contribution >= 4 is 11.9 Å². The molecule has 0 bridgehead atoms. The van der Waals surface area contributed by atoms with Crippen molar-refractivity contribution in [3.63, 3.8) is 0 Å². The number of hydrogen-bond acceptors (Lipinski definition) is 6. The predicted octanol–water partition coefficient (Wildman–Crippen LogP) is 4.13. The molecule has 138 valence electrons. The molecule has 0 unspecified atom stereocenters. The molecule has 0 fully saturated rings. The van der Waals surface area contributed by atoms with E-state index in [0.717, 1.165) is 23.4 Å². The number of furan rings is 1. The largest absolute Gasteiger partial charge is 0.496 e. The Hall–Kier alpha value is -3.68. The summed E-state index contributed by atoms with van der Waals surface area (Å²) in [5.74, 6) is 0.729. The summed E-state index contributed by atoms with van der Waals surface area (Å²) in [5.41, 5.74) is 3.66. The SMILES string of the molecule is COc1ccccc1CN/N=C\c1ccc(-c2ccc(F)cc2[N+](=O)[O-])o1. The Morgan fingerprint density at radius 3 is 2.85 bits per heavy atom. The van der Waals surface area contributed by atoms with E-state index in [0.29, 0.717) is 12.3 Å². The van der Waals surface area contributed by atoms with E-state index in [1.54, 1.807) is 19.2 Å². The number of benzene rings is 2. The van der Waals surface area contributed by atoms with Crippen molar-refractivity contribution in [2.24, 2.45) is 5.10 Å². The zero-order chi connectivity index (χ0) is 19.2. The molecular formula is C19H16FN3O4. The topological polar surface area (TPSA) is 89.9 Å². The standard InChI is InChI=1S/C19H16FN3O4/c1-26-18-5-3-2-4-13(18)11-21-22-12-15-7-9-19(27-15)16-8-6-14(20)10-17(16)23(24)25/h2-10,12,21H,11H2,1H3/b22-12-. The van der Waals surface area contributed by atoms with Gasteiger partial charge in [0.1, 0.15) is 23.1 Å². The van der Waals surface area contributed by atoms with Gasteiger partial charge in [-0.3, -0.25) is 10.1 Å². The third-order valence-corrected chi connectivity index (χ3v) is 3.79. The maximum absolute atomic E-state index is 13.3. The van der Waals surface area contributed by atoms with E-state index in [-0.39, 0.29) is 17.0 Å². The first kappa shape index (κ1) is 18.1. The van der Waals surface area contributed by atoms with Gasteiger partial charge in [0.15, 0.2) is 0 Å². The van der Waals surface area contributed by atoms with Crippen molar-refractivity contribution in [1.82, 2.24) is 5.43 Å². The number of para-hydroxylation sites is 1. The van der Waals surface area contributed by atoms with Crippen molar-refractivity contribution < 1.29 is 18.5 Å². The van der Waals surface area contributed by atoms with Gasteiger partial charge in [-0.05, 0) is 30.3 Å². The Morgan fingerprint density at radius 2 is 2.07 bits per heavy atom. The Labute approximate surface area is 154 Å². The molecule has 0 saturated heterocycles. The molecule has 1 heterocycles. The van der Waals surface area contributed by atoms with Crippen LogP contribution in [0.3, 0.4) is 0 Å². The van der Waals surface area contributed by atoms with Crippen molar-refractivity contribution in [3.05, 3.63) is 81.9 Å². The Morgan fingerprint density at radius 1 is 1.26 bits per heavy atom. The fraction of sp³-hybridized carbons (Fsp3) is 0.105. The highest BCUT2D eigenvalue weighted by Crippen LogP contribution is 2.31. The molecule has 0 saturated carbocycles. The number of nitro benzene ring substituents is 1. The number of nitro groups is 1. The molecule has 0 amide bonds. The normalized spacial score (nSPS) is 10.9. The second-order valence-corrected chi connectivity index (χ2v) is 5.53. The minimum absolute atomic E-state index is 0.197. The molecule has 27 heavy (non-hydrogen) atoms. The number of nitrogens with zero attached hydrogens (tertiary/aromatic N) is 2. The molecule has 1 N–H and O–H groups in total. The van der Waals surface area contributed by atoms with Crippen molar-refractivity contribution in [1.29, 1.82) is 0 Å². The highest BCUT2D eigenvalue weighted by molar-refractivity contribution is 5.78. The number of halogens is 1. The summed E-state index contributed by atoms with van der Waals surface area (Å²) >= 11 is 0. The Kier molecular flexibility index (Phi) is 5.46. The fourth-order valence-electron chi connectivity index (χ4n) is 2.52. The number of ether oxygens (including phenoxy) is 1. The molecule has 0 atom stereocenters. The van der Waals surface area contributed by atoms with E-state index in [1.807, 2.05) is 24.3 Å². The predicted molar refractivity (Wildman–Crippen MR) is 98.2 cm³/mol. The van der Waals surface area contributed by atoms with Gasteiger partial charge in [0, 0.05) is 5.56 Å². The maximum Gasteiger partial charge on any atom is 0.283 e.